The van der Waals surface area contributed by atoms with E-state index in [1.54, 1.807) is 19.5 Å². The summed E-state index contributed by atoms with van der Waals surface area (Å²) in [6.45, 7) is 0.202. The maximum atomic E-state index is 12.5. The highest BCUT2D eigenvalue weighted by Crippen LogP contribution is 2.28. The third-order valence-corrected chi connectivity index (χ3v) is 6.30. The molecular weight excluding hydrogens is 460 g/mol. The molecule has 0 saturated carbocycles. The molecule has 2 aromatic heterocycles. The van der Waals surface area contributed by atoms with Crippen molar-refractivity contribution >= 4 is 28.5 Å². The lowest BCUT2D eigenvalue weighted by atomic mass is 10.1. The van der Waals surface area contributed by atoms with Crippen molar-refractivity contribution in [3.05, 3.63) is 96.8 Å². The standard InChI is InChI=1S/C27H22N4O3S/c1-33-24-12-11-20-14-19(9-10-21(20)15-24)17-34-25(32)18-35-27-30-29-26(22-6-5-13-28-16-22)31(27)23-7-3-2-4-8-23/h2-16H,17-18H2,1H3. The van der Waals surface area contributed by atoms with Gasteiger partial charge in [0.25, 0.3) is 0 Å². The molecule has 0 atom stereocenters. The number of methoxy groups -OCH3 is 1. The van der Waals surface area contributed by atoms with E-state index in [2.05, 4.69) is 15.2 Å². The van der Waals surface area contributed by atoms with Crippen LogP contribution >= 0.6 is 11.8 Å². The van der Waals surface area contributed by atoms with Crippen molar-refractivity contribution < 1.29 is 14.3 Å². The number of carbonyl (C=O) groups is 1. The Morgan fingerprint density at radius 3 is 2.57 bits per heavy atom. The van der Waals surface area contributed by atoms with E-state index in [9.17, 15) is 4.79 Å². The van der Waals surface area contributed by atoms with Gasteiger partial charge in [0.15, 0.2) is 11.0 Å². The molecule has 0 bridgehead atoms. The first-order chi connectivity index (χ1) is 17.2. The van der Waals surface area contributed by atoms with E-state index in [1.165, 1.54) is 11.8 Å². The zero-order valence-electron chi connectivity index (χ0n) is 19.0. The summed E-state index contributed by atoms with van der Waals surface area (Å²) in [7, 11) is 1.65. The number of fused-ring (bicyclic) bond motifs is 1. The fraction of sp³-hybridized carbons (Fsp3) is 0.111. The van der Waals surface area contributed by atoms with Crippen LogP contribution in [0, 0.1) is 0 Å². The predicted molar refractivity (Wildman–Crippen MR) is 136 cm³/mol. The number of carbonyl (C=O) groups excluding carboxylic acids is 1. The van der Waals surface area contributed by atoms with Gasteiger partial charge in [-0.15, -0.1) is 10.2 Å². The van der Waals surface area contributed by atoms with Crippen LogP contribution in [0.4, 0.5) is 0 Å². The minimum Gasteiger partial charge on any atom is -0.497 e. The van der Waals surface area contributed by atoms with Gasteiger partial charge in [0.1, 0.15) is 12.4 Å². The topological polar surface area (TPSA) is 79.1 Å². The highest BCUT2D eigenvalue weighted by atomic mass is 32.2. The smallest absolute Gasteiger partial charge is 0.316 e. The van der Waals surface area contributed by atoms with Gasteiger partial charge in [-0.2, -0.15) is 0 Å². The van der Waals surface area contributed by atoms with Gasteiger partial charge in [0.05, 0.1) is 12.9 Å². The van der Waals surface area contributed by atoms with Crippen molar-refractivity contribution in [2.75, 3.05) is 12.9 Å². The lowest BCUT2D eigenvalue weighted by Gasteiger charge is -2.10. The summed E-state index contributed by atoms with van der Waals surface area (Å²) in [5.41, 5.74) is 2.67. The SMILES string of the molecule is COc1ccc2cc(COC(=O)CSc3nnc(-c4cccnc4)n3-c3ccccc3)ccc2c1. The first kappa shape index (κ1) is 22.6. The Morgan fingerprint density at radius 1 is 0.943 bits per heavy atom. The van der Waals surface area contributed by atoms with Crippen molar-refractivity contribution in [3.63, 3.8) is 0 Å². The van der Waals surface area contributed by atoms with Crippen LogP contribution in [-0.2, 0) is 16.1 Å². The van der Waals surface area contributed by atoms with Gasteiger partial charge < -0.3 is 9.47 Å². The molecule has 0 saturated heterocycles. The number of nitrogens with zero attached hydrogens (tertiary/aromatic N) is 4. The van der Waals surface area contributed by atoms with Gasteiger partial charge in [0, 0.05) is 23.6 Å². The maximum absolute atomic E-state index is 12.5. The van der Waals surface area contributed by atoms with E-state index in [0.717, 1.165) is 33.3 Å². The number of hydrogen-bond acceptors (Lipinski definition) is 7. The molecule has 5 rings (SSSR count). The highest BCUT2D eigenvalue weighted by molar-refractivity contribution is 7.99. The van der Waals surface area contributed by atoms with E-state index in [-0.39, 0.29) is 18.3 Å². The molecule has 35 heavy (non-hydrogen) atoms. The quantitative estimate of drug-likeness (QED) is 0.219. The van der Waals surface area contributed by atoms with Gasteiger partial charge >= 0.3 is 5.97 Å². The number of pyridine rings is 1. The molecule has 0 amide bonds. The number of aromatic nitrogens is 4. The number of benzene rings is 3. The lowest BCUT2D eigenvalue weighted by Crippen LogP contribution is -2.08. The molecule has 0 spiro atoms. The normalized spacial score (nSPS) is 10.9. The Kier molecular flexibility index (Phi) is 6.72. The zero-order chi connectivity index (χ0) is 24.0. The van der Waals surface area contributed by atoms with Crippen LogP contribution in [0.15, 0.2) is 96.4 Å². The van der Waals surface area contributed by atoms with Gasteiger partial charge in [0.2, 0.25) is 0 Å². The molecule has 0 aliphatic rings. The molecule has 0 aliphatic carbocycles. The summed E-state index contributed by atoms with van der Waals surface area (Å²) in [4.78, 5) is 16.7. The Bertz CT molecular complexity index is 1460. The van der Waals surface area contributed by atoms with Crippen molar-refractivity contribution in [1.82, 2.24) is 19.7 Å². The Labute approximate surface area is 206 Å². The molecule has 0 unspecified atom stereocenters. The van der Waals surface area contributed by atoms with E-state index < -0.39 is 0 Å². The average Bonchev–Trinajstić information content (AvgIpc) is 3.35. The molecule has 7 nitrogen and oxygen atoms in total. The molecule has 8 heteroatoms. The van der Waals surface area contributed by atoms with E-state index >= 15 is 0 Å². The number of hydrogen-bond donors (Lipinski definition) is 0. The van der Waals surface area contributed by atoms with Crippen LogP contribution in [-0.4, -0.2) is 38.6 Å². The van der Waals surface area contributed by atoms with Crippen LogP contribution in [0.1, 0.15) is 5.56 Å². The minimum absolute atomic E-state index is 0.114. The minimum atomic E-state index is -0.324. The van der Waals surface area contributed by atoms with Crippen molar-refractivity contribution in [3.8, 4) is 22.8 Å². The highest BCUT2D eigenvalue weighted by Gasteiger charge is 2.17. The fourth-order valence-electron chi connectivity index (χ4n) is 3.67. The first-order valence-corrected chi connectivity index (χ1v) is 12.0. The molecule has 0 N–H and O–H groups in total. The molecule has 3 aromatic carbocycles. The number of thioether (sulfide) groups is 1. The van der Waals surface area contributed by atoms with Crippen molar-refractivity contribution in [2.24, 2.45) is 0 Å². The van der Waals surface area contributed by atoms with Crippen LogP contribution in [0.5, 0.6) is 5.75 Å². The van der Waals surface area contributed by atoms with E-state index in [4.69, 9.17) is 9.47 Å². The summed E-state index contributed by atoms with van der Waals surface area (Å²) < 4.78 is 12.7. The largest absolute Gasteiger partial charge is 0.497 e. The number of esters is 1. The Balaban J connectivity index is 1.28. The van der Waals surface area contributed by atoms with Crippen molar-refractivity contribution in [2.45, 2.75) is 11.8 Å². The van der Waals surface area contributed by atoms with E-state index in [1.807, 2.05) is 83.4 Å². The molecular formula is C27H22N4O3S. The molecule has 0 fully saturated rings. The average molecular weight is 483 g/mol. The fourth-order valence-corrected chi connectivity index (χ4v) is 4.42. The maximum Gasteiger partial charge on any atom is 0.316 e. The lowest BCUT2D eigenvalue weighted by molar-refractivity contribution is -0.141. The van der Waals surface area contributed by atoms with Gasteiger partial charge in [-0.3, -0.25) is 14.3 Å². The summed E-state index contributed by atoms with van der Waals surface area (Å²) >= 11 is 1.29. The third-order valence-electron chi connectivity index (χ3n) is 5.40. The monoisotopic (exact) mass is 482 g/mol. The Hall–Kier alpha value is -4.17. The van der Waals surface area contributed by atoms with Crippen molar-refractivity contribution in [1.29, 1.82) is 0 Å². The number of para-hydroxylation sites is 1. The second-order valence-electron chi connectivity index (χ2n) is 7.72. The van der Waals surface area contributed by atoms with Gasteiger partial charge in [-0.05, 0) is 58.8 Å². The zero-order valence-corrected chi connectivity index (χ0v) is 19.8. The summed E-state index contributed by atoms with van der Waals surface area (Å²) in [5, 5.41) is 11.4. The van der Waals surface area contributed by atoms with Gasteiger partial charge in [-0.25, -0.2) is 0 Å². The van der Waals surface area contributed by atoms with Crippen LogP contribution in [0.2, 0.25) is 0 Å². The number of ether oxygens (including phenoxy) is 2. The van der Waals surface area contributed by atoms with Crippen LogP contribution < -0.4 is 4.74 Å². The summed E-state index contributed by atoms with van der Waals surface area (Å²) in [5.74, 6) is 1.26. The second-order valence-corrected chi connectivity index (χ2v) is 8.66. The van der Waals surface area contributed by atoms with Crippen LogP contribution in [0.3, 0.4) is 0 Å². The van der Waals surface area contributed by atoms with E-state index in [0.29, 0.717) is 11.0 Å². The van der Waals surface area contributed by atoms with Crippen LogP contribution in [0.25, 0.3) is 27.8 Å². The first-order valence-electron chi connectivity index (χ1n) is 11.0. The molecule has 0 radical (unpaired) electrons. The molecule has 2 heterocycles. The molecule has 5 aromatic rings. The predicted octanol–water partition coefficient (Wildman–Crippen LogP) is 5.33. The summed E-state index contributed by atoms with van der Waals surface area (Å²) in [6.07, 6.45) is 3.45. The second kappa shape index (κ2) is 10.4. The van der Waals surface area contributed by atoms with Gasteiger partial charge in [-0.1, -0.05) is 48.2 Å². The molecule has 174 valence electrons. The summed E-state index contributed by atoms with van der Waals surface area (Å²) in [6, 6.07) is 25.4. The third kappa shape index (κ3) is 5.17. The molecule has 0 aliphatic heterocycles. The Morgan fingerprint density at radius 2 is 1.77 bits per heavy atom. The number of rotatable bonds is 8.